The first-order chi connectivity index (χ1) is 11.6. The number of fused-ring (bicyclic) bond motifs is 2. The van der Waals surface area contributed by atoms with Gasteiger partial charge >= 0.3 is 0 Å². The SMILES string of the molecule is Cc1nc2ccccc2n1Cc1nc2ccccc2n1CC(N)=O. The summed E-state index contributed by atoms with van der Waals surface area (Å²) in [5.74, 6) is 1.32. The number of aryl methyl sites for hydroxylation is 1. The molecule has 0 saturated heterocycles. The van der Waals surface area contributed by atoms with Crippen LogP contribution in [0.15, 0.2) is 48.5 Å². The van der Waals surface area contributed by atoms with Crippen molar-refractivity contribution in [2.45, 2.75) is 20.0 Å². The van der Waals surface area contributed by atoms with Crippen LogP contribution in [0.25, 0.3) is 22.1 Å². The number of amides is 1. The number of rotatable bonds is 4. The van der Waals surface area contributed by atoms with Crippen LogP contribution in [0.3, 0.4) is 0 Å². The molecule has 0 aliphatic rings. The van der Waals surface area contributed by atoms with E-state index in [0.717, 1.165) is 33.7 Å². The summed E-state index contributed by atoms with van der Waals surface area (Å²) in [4.78, 5) is 20.8. The Labute approximate surface area is 138 Å². The van der Waals surface area contributed by atoms with Crippen molar-refractivity contribution in [3.05, 3.63) is 60.2 Å². The molecule has 2 aromatic heterocycles. The third-order valence-corrected chi connectivity index (χ3v) is 4.19. The van der Waals surface area contributed by atoms with Gasteiger partial charge in [0.2, 0.25) is 5.91 Å². The van der Waals surface area contributed by atoms with Crippen molar-refractivity contribution in [2.75, 3.05) is 0 Å². The maximum atomic E-state index is 11.5. The fourth-order valence-electron chi connectivity index (χ4n) is 3.12. The van der Waals surface area contributed by atoms with Gasteiger partial charge in [0.1, 0.15) is 18.2 Å². The quantitative estimate of drug-likeness (QED) is 0.626. The zero-order valence-corrected chi connectivity index (χ0v) is 13.3. The largest absolute Gasteiger partial charge is 0.368 e. The fourth-order valence-corrected chi connectivity index (χ4v) is 3.12. The normalized spacial score (nSPS) is 11.4. The minimum atomic E-state index is -0.383. The van der Waals surface area contributed by atoms with Gasteiger partial charge in [-0.25, -0.2) is 9.97 Å². The summed E-state index contributed by atoms with van der Waals surface area (Å²) in [5.41, 5.74) is 9.20. The van der Waals surface area contributed by atoms with E-state index < -0.39 is 0 Å². The van der Waals surface area contributed by atoms with Gasteiger partial charge in [-0.15, -0.1) is 0 Å². The first-order valence-corrected chi connectivity index (χ1v) is 7.78. The average Bonchev–Trinajstić information content (AvgIpc) is 3.06. The number of para-hydroxylation sites is 4. The number of nitrogens with zero attached hydrogens (tertiary/aromatic N) is 4. The van der Waals surface area contributed by atoms with Crippen LogP contribution in [0.5, 0.6) is 0 Å². The Balaban J connectivity index is 1.87. The van der Waals surface area contributed by atoms with Crippen LogP contribution in [-0.2, 0) is 17.9 Å². The Morgan fingerprint density at radius 3 is 2.21 bits per heavy atom. The van der Waals surface area contributed by atoms with Crippen LogP contribution in [0.4, 0.5) is 0 Å². The highest BCUT2D eigenvalue weighted by Crippen LogP contribution is 2.20. The zero-order chi connectivity index (χ0) is 16.7. The summed E-state index contributed by atoms with van der Waals surface area (Å²) in [6.07, 6.45) is 0. The van der Waals surface area contributed by atoms with Gasteiger partial charge in [0, 0.05) is 0 Å². The second kappa shape index (κ2) is 5.49. The third kappa shape index (κ3) is 2.32. The van der Waals surface area contributed by atoms with Crippen LogP contribution >= 0.6 is 0 Å². The summed E-state index contributed by atoms with van der Waals surface area (Å²) in [7, 11) is 0. The molecule has 0 spiro atoms. The van der Waals surface area contributed by atoms with Gasteiger partial charge < -0.3 is 14.9 Å². The smallest absolute Gasteiger partial charge is 0.237 e. The number of hydrogen-bond donors (Lipinski definition) is 1. The maximum absolute atomic E-state index is 11.5. The lowest BCUT2D eigenvalue weighted by molar-refractivity contribution is -0.118. The number of aromatic nitrogens is 4. The number of imidazole rings is 2. The minimum absolute atomic E-state index is 0.113. The zero-order valence-electron chi connectivity index (χ0n) is 13.3. The van der Waals surface area contributed by atoms with E-state index >= 15 is 0 Å². The van der Waals surface area contributed by atoms with Gasteiger partial charge in [0.05, 0.1) is 28.6 Å². The van der Waals surface area contributed by atoms with Crippen LogP contribution in [-0.4, -0.2) is 25.0 Å². The molecule has 0 aliphatic heterocycles. The van der Waals surface area contributed by atoms with Crippen LogP contribution in [0.1, 0.15) is 11.6 Å². The highest BCUT2D eigenvalue weighted by molar-refractivity contribution is 5.80. The van der Waals surface area contributed by atoms with E-state index in [0.29, 0.717) is 6.54 Å². The molecule has 6 heteroatoms. The molecule has 0 unspecified atom stereocenters. The van der Waals surface area contributed by atoms with Gasteiger partial charge in [-0.2, -0.15) is 0 Å². The summed E-state index contributed by atoms with van der Waals surface area (Å²) < 4.78 is 3.99. The van der Waals surface area contributed by atoms with Crippen LogP contribution < -0.4 is 5.73 Å². The molecule has 4 aromatic rings. The van der Waals surface area contributed by atoms with Crippen molar-refractivity contribution in [3.8, 4) is 0 Å². The molecule has 120 valence electrons. The molecule has 24 heavy (non-hydrogen) atoms. The number of nitrogens with two attached hydrogens (primary N) is 1. The minimum Gasteiger partial charge on any atom is -0.368 e. The fraction of sp³-hybridized carbons (Fsp3) is 0.167. The number of carbonyl (C=O) groups excluding carboxylic acids is 1. The summed E-state index contributed by atoms with van der Waals surface area (Å²) >= 11 is 0. The standard InChI is InChI=1S/C18H17N5O/c1-12-20-13-6-2-4-8-15(13)22(12)11-18-21-14-7-3-5-9-16(14)23(18)10-17(19)24/h2-9H,10-11H2,1H3,(H2,19,24). The van der Waals surface area contributed by atoms with Crippen LogP contribution in [0, 0.1) is 6.92 Å². The number of carbonyl (C=O) groups is 1. The predicted molar refractivity (Wildman–Crippen MR) is 92.5 cm³/mol. The van der Waals surface area contributed by atoms with Gasteiger partial charge in [0.25, 0.3) is 0 Å². The van der Waals surface area contributed by atoms with E-state index in [1.807, 2.05) is 60.0 Å². The molecule has 2 aromatic carbocycles. The molecule has 0 radical (unpaired) electrons. The van der Waals surface area contributed by atoms with Gasteiger partial charge in [0.15, 0.2) is 0 Å². The molecular weight excluding hydrogens is 302 g/mol. The topological polar surface area (TPSA) is 78.7 Å². The second-order valence-corrected chi connectivity index (χ2v) is 5.80. The van der Waals surface area contributed by atoms with Crippen molar-refractivity contribution in [2.24, 2.45) is 5.73 Å². The highest BCUT2D eigenvalue weighted by Gasteiger charge is 2.15. The molecule has 1 amide bonds. The maximum Gasteiger partial charge on any atom is 0.237 e. The molecule has 4 rings (SSSR count). The molecular formula is C18H17N5O. The van der Waals surface area contributed by atoms with Crippen molar-refractivity contribution in [3.63, 3.8) is 0 Å². The van der Waals surface area contributed by atoms with Gasteiger partial charge in [-0.3, -0.25) is 4.79 Å². The summed E-state index contributed by atoms with van der Waals surface area (Å²) in [6, 6.07) is 15.8. The third-order valence-electron chi connectivity index (χ3n) is 4.19. The molecule has 0 bridgehead atoms. The van der Waals surface area contributed by atoms with Crippen molar-refractivity contribution in [1.82, 2.24) is 19.1 Å². The molecule has 0 fully saturated rings. The van der Waals surface area contributed by atoms with Crippen LogP contribution in [0.2, 0.25) is 0 Å². The summed E-state index contributed by atoms with van der Waals surface area (Å²) in [5, 5.41) is 0. The average molecular weight is 319 g/mol. The number of primary amides is 1. The lowest BCUT2D eigenvalue weighted by Gasteiger charge is -2.10. The highest BCUT2D eigenvalue weighted by atomic mass is 16.1. The Bertz CT molecular complexity index is 1060. The monoisotopic (exact) mass is 319 g/mol. The molecule has 2 heterocycles. The molecule has 0 atom stereocenters. The Kier molecular flexibility index (Phi) is 3.30. The van der Waals surface area contributed by atoms with Gasteiger partial charge in [-0.1, -0.05) is 24.3 Å². The van der Waals surface area contributed by atoms with E-state index in [2.05, 4.69) is 9.55 Å². The van der Waals surface area contributed by atoms with Crippen molar-refractivity contribution in [1.29, 1.82) is 0 Å². The Morgan fingerprint density at radius 1 is 0.958 bits per heavy atom. The van der Waals surface area contributed by atoms with Crippen molar-refractivity contribution >= 4 is 28.0 Å². The lowest BCUT2D eigenvalue weighted by Crippen LogP contribution is -2.21. The van der Waals surface area contributed by atoms with E-state index in [-0.39, 0.29) is 12.5 Å². The van der Waals surface area contributed by atoms with Gasteiger partial charge in [-0.05, 0) is 31.2 Å². The van der Waals surface area contributed by atoms with E-state index in [1.165, 1.54) is 0 Å². The lowest BCUT2D eigenvalue weighted by atomic mass is 10.3. The van der Waals surface area contributed by atoms with E-state index in [4.69, 9.17) is 10.7 Å². The number of hydrogen-bond acceptors (Lipinski definition) is 3. The number of benzene rings is 2. The molecule has 0 saturated carbocycles. The molecule has 6 nitrogen and oxygen atoms in total. The van der Waals surface area contributed by atoms with E-state index in [9.17, 15) is 4.79 Å². The second-order valence-electron chi connectivity index (χ2n) is 5.80. The first-order valence-electron chi connectivity index (χ1n) is 7.78. The Morgan fingerprint density at radius 2 is 1.54 bits per heavy atom. The first kappa shape index (κ1) is 14.4. The van der Waals surface area contributed by atoms with Crippen molar-refractivity contribution < 1.29 is 4.79 Å². The van der Waals surface area contributed by atoms with E-state index in [1.54, 1.807) is 0 Å². The molecule has 2 N–H and O–H groups in total. The summed E-state index contributed by atoms with van der Waals surface area (Å²) in [6.45, 7) is 2.62. The Hall–Kier alpha value is -3.15. The predicted octanol–water partition coefficient (Wildman–Crippen LogP) is 2.23. The molecule has 0 aliphatic carbocycles.